The van der Waals surface area contributed by atoms with Crippen molar-refractivity contribution in [1.82, 2.24) is 0 Å². The maximum absolute atomic E-state index is 11.6. The van der Waals surface area contributed by atoms with Crippen LogP contribution in [0, 0.1) is 13.8 Å². The molecule has 6 heteroatoms. The van der Waals surface area contributed by atoms with Gasteiger partial charge in [0.15, 0.2) is 0 Å². The Morgan fingerprint density at radius 3 is 1.52 bits per heavy atom. The highest BCUT2D eigenvalue weighted by Crippen LogP contribution is 2.25. The van der Waals surface area contributed by atoms with Crippen LogP contribution in [0.3, 0.4) is 0 Å². The van der Waals surface area contributed by atoms with Gasteiger partial charge in [-0.1, -0.05) is 24.3 Å². The van der Waals surface area contributed by atoms with Gasteiger partial charge in [0.1, 0.15) is 11.5 Å². The summed E-state index contributed by atoms with van der Waals surface area (Å²) in [5.74, 6) is 0.291. The standard InChI is InChI=1S/C14H14O3.C13H12O3/c1-9-6-10-4-5-12(16-2)7-11(10)8-13(9)14(15)17-3;1-8-5-9-3-4-11(16-2)6-10(9)7-12(8)13(14)15/h4-8H,1-3H3;3-7H,1-2H3,(H,14,15). The highest BCUT2D eigenvalue weighted by molar-refractivity contribution is 5.98. The van der Waals surface area contributed by atoms with Gasteiger partial charge in [0.05, 0.1) is 32.5 Å². The minimum atomic E-state index is -0.901. The number of ether oxygens (including phenoxy) is 3. The van der Waals surface area contributed by atoms with E-state index < -0.39 is 5.97 Å². The van der Waals surface area contributed by atoms with Gasteiger partial charge >= 0.3 is 11.9 Å². The van der Waals surface area contributed by atoms with E-state index in [1.54, 1.807) is 27.2 Å². The molecule has 0 unspecified atom stereocenters. The Hall–Kier alpha value is -4.06. The van der Waals surface area contributed by atoms with E-state index in [0.717, 1.165) is 44.2 Å². The summed E-state index contributed by atoms with van der Waals surface area (Å²) >= 11 is 0. The number of carboxylic acid groups (broad SMARTS) is 1. The first kappa shape index (κ1) is 23.6. The molecule has 4 aromatic carbocycles. The van der Waals surface area contributed by atoms with E-state index in [1.807, 2.05) is 61.5 Å². The maximum atomic E-state index is 11.6. The van der Waals surface area contributed by atoms with Gasteiger partial charge in [-0.25, -0.2) is 9.59 Å². The van der Waals surface area contributed by atoms with Crippen molar-refractivity contribution in [3.05, 3.63) is 82.9 Å². The fraction of sp³-hybridized carbons (Fsp3) is 0.185. The highest BCUT2D eigenvalue weighted by atomic mass is 16.5. The lowest BCUT2D eigenvalue weighted by Crippen LogP contribution is -2.03. The molecule has 1 N–H and O–H groups in total. The number of carboxylic acids is 1. The third-order valence-electron chi connectivity index (χ3n) is 5.42. The Morgan fingerprint density at radius 2 is 1.09 bits per heavy atom. The molecule has 0 saturated heterocycles. The van der Waals surface area contributed by atoms with Crippen LogP contribution in [0.15, 0.2) is 60.7 Å². The summed E-state index contributed by atoms with van der Waals surface area (Å²) < 4.78 is 15.0. The zero-order valence-electron chi connectivity index (χ0n) is 19.3. The molecule has 4 rings (SSSR count). The highest BCUT2D eigenvalue weighted by Gasteiger charge is 2.11. The summed E-state index contributed by atoms with van der Waals surface area (Å²) in [4.78, 5) is 22.6. The Morgan fingerprint density at radius 1 is 0.636 bits per heavy atom. The van der Waals surface area contributed by atoms with E-state index in [1.165, 1.54) is 7.11 Å². The second kappa shape index (κ2) is 10.0. The number of carbonyl (C=O) groups excluding carboxylic acids is 1. The smallest absolute Gasteiger partial charge is 0.338 e. The predicted octanol–water partition coefficient (Wildman–Crippen LogP) is 5.80. The molecular weight excluding hydrogens is 420 g/mol. The number of benzene rings is 4. The number of methoxy groups -OCH3 is 3. The molecule has 0 amide bonds. The fourth-order valence-corrected chi connectivity index (χ4v) is 3.59. The van der Waals surface area contributed by atoms with Crippen LogP contribution >= 0.6 is 0 Å². The topological polar surface area (TPSA) is 82.1 Å². The Balaban J connectivity index is 0.000000186. The van der Waals surface area contributed by atoms with Crippen LogP contribution < -0.4 is 9.47 Å². The summed E-state index contributed by atoms with van der Waals surface area (Å²) in [5.41, 5.74) is 2.61. The first-order valence-electron chi connectivity index (χ1n) is 10.3. The van der Waals surface area contributed by atoms with Crippen molar-refractivity contribution >= 4 is 33.5 Å². The lowest BCUT2D eigenvalue weighted by atomic mass is 10.0. The maximum Gasteiger partial charge on any atom is 0.338 e. The molecule has 0 aliphatic carbocycles. The van der Waals surface area contributed by atoms with Gasteiger partial charge in [-0.15, -0.1) is 0 Å². The second-order valence-corrected chi connectivity index (χ2v) is 7.56. The van der Waals surface area contributed by atoms with Gasteiger partial charge in [0.25, 0.3) is 0 Å². The van der Waals surface area contributed by atoms with Gasteiger partial charge in [0.2, 0.25) is 0 Å². The van der Waals surface area contributed by atoms with Crippen LogP contribution in [-0.2, 0) is 4.74 Å². The van der Waals surface area contributed by atoms with Gasteiger partial charge in [-0.2, -0.15) is 0 Å². The second-order valence-electron chi connectivity index (χ2n) is 7.56. The van der Waals surface area contributed by atoms with Crippen LogP contribution in [0.2, 0.25) is 0 Å². The lowest BCUT2D eigenvalue weighted by molar-refractivity contribution is 0.0599. The first-order chi connectivity index (χ1) is 15.8. The van der Waals surface area contributed by atoms with E-state index in [2.05, 4.69) is 0 Å². The summed E-state index contributed by atoms with van der Waals surface area (Å²) in [6, 6.07) is 18.8. The van der Waals surface area contributed by atoms with E-state index >= 15 is 0 Å². The van der Waals surface area contributed by atoms with Crippen molar-refractivity contribution in [2.75, 3.05) is 21.3 Å². The van der Waals surface area contributed by atoms with Crippen LogP contribution in [0.5, 0.6) is 11.5 Å². The van der Waals surface area contributed by atoms with Crippen molar-refractivity contribution in [3.8, 4) is 11.5 Å². The average molecular weight is 446 g/mol. The van der Waals surface area contributed by atoms with Crippen LogP contribution in [0.1, 0.15) is 31.8 Å². The van der Waals surface area contributed by atoms with Crippen LogP contribution in [0.4, 0.5) is 0 Å². The van der Waals surface area contributed by atoms with Crippen LogP contribution in [-0.4, -0.2) is 38.4 Å². The molecule has 0 aliphatic heterocycles. The van der Waals surface area contributed by atoms with E-state index in [-0.39, 0.29) is 5.97 Å². The van der Waals surface area contributed by atoms with Gasteiger partial charge < -0.3 is 19.3 Å². The number of hydrogen-bond acceptors (Lipinski definition) is 5. The molecule has 0 spiro atoms. The molecule has 4 aromatic rings. The van der Waals surface area contributed by atoms with Crippen molar-refractivity contribution in [2.45, 2.75) is 13.8 Å². The molecule has 0 fully saturated rings. The molecule has 0 heterocycles. The van der Waals surface area contributed by atoms with Gasteiger partial charge in [0, 0.05) is 0 Å². The third kappa shape index (κ3) is 5.23. The lowest BCUT2D eigenvalue weighted by Gasteiger charge is -2.07. The zero-order chi connectivity index (χ0) is 24.1. The number of carbonyl (C=O) groups is 2. The predicted molar refractivity (Wildman–Crippen MR) is 129 cm³/mol. The summed E-state index contributed by atoms with van der Waals surface area (Å²) in [5, 5.41) is 13.0. The minimum absolute atomic E-state index is 0.313. The molecule has 6 nitrogen and oxygen atoms in total. The minimum Gasteiger partial charge on any atom is -0.497 e. The molecule has 0 bridgehead atoms. The first-order valence-corrected chi connectivity index (χ1v) is 10.3. The Labute approximate surface area is 192 Å². The van der Waals surface area contributed by atoms with Crippen molar-refractivity contribution in [3.63, 3.8) is 0 Å². The van der Waals surface area contributed by atoms with Gasteiger partial charge in [-0.3, -0.25) is 0 Å². The molecule has 0 aromatic heterocycles. The molecule has 0 aliphatic rings. The largest absolute Gasteiger partial charge is 0.497 e. The molecule has 0 atom stereocenters. The summed E-state index contributed by atoms with van der Waals surface area (Å²) in [6.07, 6.45) is 0. The molecule has 33 heavy (non-hydrogen) atoms. The summed E-state index contributed by atoms with van der Waals surface area (Å²) in [7, 11) is 4.60. The van der Waals surface area contributed by atoms with E-state index in [0.29, 0.717) is 11.1 Å². The fourth-order valence-electron chi connectivity index (χ4n) is 3.59. The van der Waals surface area contributed by atoms with Crippen molar-refractivity contribution in [2.24, 2.45) is 0 Å². The quantitative estimate of drug-likeness (QED) is 0.399. The molecule has 0 radical (unpaired) electrons. The van der Waals surface area contributed by atoms with Crippen molar-refractivity contribution < 1.29 is 28.9 Å². The number of rotatable bonds is 4. The monoisotopic (exact) mass is 446 g/mol. The SMILES string of the molecule is COC(=O)c1cc2cc(OC)ccc2cc1C.COc1ccc2cc(C)c(C(=O)O)cc2c1. The zero-order valence-corrected chi connectivity index (χ0v) is 19.3. The number of hydrogen-bond donors (Lipinski definition) is 1. The summed E-state index contributed by atoms with van der Waals surface area (Å²) in [6.45, 7) is 3.70. The number of fused-ring (bicyclic) bond motifs is 2. The van der Waals surface area contributed by atoms with Gasteiger partial charge in [-0.05, 0) is 82.9 Å². The Bertz CT molecular complexity index is 1340. The van der Waals surface area contributed by atoms with Crippen LogP contribution in [0.25, 0.3) is 21.5 Å². The van der Waals surface area contributed by atoms with E-state index in [9.17, 15) is 9.59 Å². The molecular formula is C27H26O6. The normalized spacial score (nSPS) is 10.3. The average Bonchev–Trinajstić information content (AvgIpc) is 2.82. The Kier molecular flexibility index (Phi) is 7.18. The third-order valence-corrected chi connectivity index (χ3v) is 5.42. The van der Waals surface area contributed by atoms with E-state index in [4.69, 9.17) is 19.3 Å². The number of esters is 1. The number of aryl methyl sites for hydroxylation is 2. The van der Waals surface area contributed by atoms with Crippen molar-refractivity contribution in [1.29, 1.82) is 0 Å². The molecule has 0 saturated carbocycles. The number of aromatic carboxylic acids is 1. The molecule has 170 valence electrons.